The van der Waals surface area contributed by atoms with Crippen molar-refractivity contribution in [3.63, 3.8) is 0 Å². The van der Waals surface area contributed by atoms with Crippen LogP contribution in [-0.4, -0.2) is 22.7 Å². The van der Waals surface area contributed by atoms with Crippen molar-refractivity contribution in [1.29, 1.82) is 0 Å². The zero-order valence-electron chi connectivity index (χ0n) is 10.8. The Bertz CT molecular complexity index is 780. The summed E-state index contributed by atoms with van der Waals surface area (Å²) in [4.78, 5) is 38.6. The fourth-order valence-electron chi connectivity index (χ4n) is 1.97. The van der Waals surface area contributed by atoms with Crippen molar-refractivity contribution in [3.8, 4) is 11.5 Å². The fourth-order valence-corrected chi connectivity index (χ4v) is 1.97. The number of amides is 1. The van der Waals surface area contributed by atoms with Crippen molar-refractivity contribution < 1.29 is 14.3 Å². The Morgan fingerprint density at radius 3 is 2.76 bits per heavy atom. The molecule has 2 aromatic rings. The third-order valence-electron chi connectivity index (χ3n) is 2.82. The van der Waals surface area contributed by atoms with Crippen molar-refractivity contribution in [2.75, 3.05) is 12.1 Å². The number of hydrogen-bond donors (Lipinski definition) is 3. The standard InChI is InChI=1S/C13H11N3O5/c17-11(4-8-5-12(18)16-13(19)15-8)14-7-1-2-9-10(3-7)21-6-20-9/h1-3,5H,4,6H2,(H,14,17)(H2,15,16,18,19). The van der Waals surface area contributed by atoms with E-state index >= 15 is 0 Å². The van der Waals surface area contributed by atoms with Gasteiger partial charge >= 0.3 is 5.69 Å². The topological polar surface area (TPSA) is 113 Å². The second-order valence-electron chi connectivity index (χ2n) is 4.41. The van der Waals surface area contributed by atoms with E-state index in [4.69, 9.17) is 9.47 Å². The SMILES string of the molecule is O=C(Cc1cc(=O)[nH]c(=O)[nH]1)Nc1ccc2c(c1)OCO2. The molecule has 0 saturated heterocycles. The lowest BCUT2D eigenvalue weighted by atomic mass is 10.2. The van der Waals surface area contributed by atoms with E-state index in [2.05, 4.69) is 10.3 Å². The van der Waals surface area contributed by atoms with E-state index in [-0.39, 0.29) is 24.8 Å². The van der Waals surface area contributed by atoms with E-state index in [1.54, 1.807) is 18.2 Å². The predicted molar refractivity (Wildman–Crippen MR) is 72.6 cm³/mol. The van der Waals surface area contributed by atoms with E-state index in [1.807, 2.05) is 4.98 Å². The molecule has 3 rings (SSSR count). The Labute approximate surface area is 117 Å². The molecule has 21 heavy (non-hydrogen) atoms. The Hall–Kier alpha value is -3.03. The number of fused-ring (bicyclic) bond motifs is 1. The monoisotopic (exact) mass is 289 g/mol. The van der Waals surface area contributed by atoms with Crippen LogP contribution in [0.1, 0.15) is 5.69 Å². The minimum atomic E-state index is -0.645. The van der Waals surface area contributed by atoms with Crippen molar-refractivity contribution in [2.45, 2.75) is 6.42 Å². The molecule has 8 heteroatoms. The van der Waals surface area contributed by atoms with Crippen LogP contribution in [0.2, 0.25) is 0 Å². The van der Waals surface area contributed by atoms with Gasteiger partial charge in [0.1, 0.15) is 0 Å². The number of benzene rings is 1. The maximum absolute atomic E-state index is 11.9. The highest BCUT2D eigenvalue weighted by Crippen LogP contribution is 2.34. The zero-order chi connectivity index (χ0) is 14.8. The van der Waals surface area contributed by atoms with E-state index in [0.717, 1.165) is 0 Å². The molecule has 0 unspecified atom stereocenters. The van der Waals surface area contributed by atoms with Gasteiger partial charge in [-0.1, -0.05) is 0 Å². The quantitative estimate of drug-likeness (QED) is 0.734. The molecule has 0 bridgehead atoms. The fraction of sp³-hybridized carbons (Fsp3) is 0.154. The molecule has 1 aromatic heterocycles. The van der Waals surface area contributed by atoms with E-state index in [1.165, 1.54) is 6.07 Å². The molecule has 2 heterocycles. The molecule has 1 aliphatic heterocycles. The first-order chi connectivity index (χ1) is 10.1. The summed E-state index contributed by atoms with van der Waals surface area (Å²) in [7, 11) is 0. The summed E-state index contributed by atoms with van der Waals surface area (Å²) in [6.45, 7) is 0.154. The number of H-pyrrole nitrogens is 2. The number of hydrogen-bond acceptors (Lipinski definition) is 5. The minimum Gasteiger partial charge on any atom is -0.454 e. The summed E-state index contributed by atoms with van der Waals surface area (Å²) >= 11 is 0. The number of carbonyl (C=O) groups excluding carboxylic acids is 1. The Kier molecular flexibility index (Phi) is 3.19. The number of anilines is 1. The van der Waals surface area contributed by atoms with Crippen LogP contribution in [-0.2, 0) is 11.2 Å². The molecule has 0 fully saturated rings. The molecule has 1 aromatic carbocycles. The smallest absolute Gasteiger partial charge is 0.325 e. The highest BCUT2D eigenvalue weighted by Gasteiger charge is 2.14. The van der Waals surface area contributed by atoms with Gasteiger partial charge in [0.15, 0.2) is 11.5 Å². The number of nitrogens with one attached hydrogen (secondary N) is 3. The molecule has 0 spiro atoms. The maximum atomic E-state index is 11.9. The summed E-state index contributed by atoms with van der Waals surface area (Å²) < 4.78 is 10.4. The first kappa shape index (κ1) is 13.0. The molecule has 0 aliphatic carbocycles. The normalized spacial score (nSPS) is 12.2. The first-order valence-corrected chi connectivity index (χ1v) is 6.12. The van der Waals surface area contributed by atoms with Crippen LogP contribution in [0.15, 0.2) is 33.9 Å². The van der Waals surface area contributed by atoms with Crippen molar-refractivity contribution >= 4 is 11.6 Å². The van der Waals surface area contributed by atoms with Crippen LogP contribution in [0, 0.1) is 0 Å². The minimum absolute atomic E-state index is 0.117. The molecule has 8 nitrogen and oxygen atoms in total. The molecule has 3 N–H and O–H groups in total. The average Bonchev–Trinajstić information content (AvgIpc) is 2.84. The van der Waals surface area contributed by atoms with Crippen LogP contribution >= 0.6 is 0 Å². The van der Waals surface area contributed by atoms with Gasteiger partial charge in [-0.15, -0.1) is 0 Å². The lowest BCUT2D eigenvalue weighted by Gasteiger charge is -2.06. The van der Waals surface area contributed by atoms with Gasteiger partial charge in [-0.05, 0) is 12.1 Å². The predicted octanol–water partition coefficient (Wildman–Crippen LogP) is -0.0269. The third-order valence-corrected chi connectivity index (χ3v) is 2.82. The summed E-state index contributed by atoms with van der Waals surface area (Å²) in [6.07, 6.45) is -0.117. The number of ether oxygens (including phenoxy) is 2. The van der Waals surface area contributed by atoms with E-state index < -0.39 is 11.2 Å². The van der Waals surface area contributed by atoms with Gasteiger partial charge < -0.3 is 19.8 Å². The van der Waals surface area contributed by atoms with Gasteiger partial charge in [-0.2, -0.15) is 0 Å². The van der Waals surface area contributed by atoms with Gasteiger partial charge in [0.05, 0.1) is 6.42 Å². The van der Waals surface area contributed by atoms with Gasteiger partial charge in [0.2, 0.25) is 12.7 Å². The molecule has 0 atom stereocenters. The summed E-state index contributed by atoms with van der Waals surface area (Å²) in [5.74, 6) is 0.805. The Balaban J connectivity index is 1.71. The second-order valence-corrected chi connectivity index (χ2v) is 4.41. The van der Waals surface area contributed by atoms with Crippen LogP contribution < -0.4 is 26.0 Å². The lowest BCUT2D eigenvalue weighted by Crippen LogP contribution is -2.25. The molecular formula is C13H11N3O5. The van der Waals surface area contributed by atoms with Gasteiger partial charge in [-0.3, -0.25) is 14.6 Å². The summed E-state index contributed by atoms with van der Waals surface area (Å²) in [5, 5.41) is 2.65. The average molecular weight is 289 g/mol. The summed E-state index contributed by atoms with van der Waals surface area (Å²) in [5.41, 5.74) is -0.420. The van der Waals surface area contributed by atoms with Crippen LogP contribution in [0.5, 0.6) is 11.5 Å². The van der Waals surface area contributed by atoms with Crippen molar-refractivity contribution in [1.82, 2.24) is 9.97 Å². The highest BCUT2D eigenvalue weighted by molar-refractivity contribution is 5.92. The van der Waals surface area contributed by atoms with Gasteiger partial charge in [0.25, 0.3) is 5.56 Å². The zero-order valence-corrected chi connectivity index (χ0v) is 10.8. The van der Waals surface area contributed by atoms with Gasteiger partial charge in [-0.25, -0.2) is 4.79 Å². The maximum Gasteiger partial charge on any atom is 0.325 e. The van der Waals surface area contributed by atoms with Crippen LogP contribution in [0.25, 0.3) is 0 Å². The molecular weight excluding hydrogens is 278 g/mol. The van der Waals surface area contributed by atoms with Crippen molar-refractivity contribution in [3.05, 3.63) is 50.8 Å². The van der Waals surface area contributed by atoms with E-state index in [9.17, 15) is 14.4 Å². The molecule has 1 aliphatic rings. The van der Waals surface area contributed by atoms with Crippen LogP contribution in [0.4, 0.5) is 5.69 Å². The number of aromatic amines is 2. The summed E-state index contributed by atoms with van der Waals surface area (Å²) in [6, 6.07) is 6.17. The molecule has 108 valence electrons. The van der Waals surface area contributed by atoms with Crippen LogP contribution in [0.3, 0.4) is 0 Å². The number of aromatic nitrogens is 2. The highest BCUT2D eigenvalue weighted by atomic mass is 16.7. The van der Waals surface area contributed by atoms with Gasteiger partial charge in [0, 0.05) is 23.5 Å². The number of rotatable bonds is 3. The Morgan fingerprint density at radius 2 is 1.95 bits per heavy atom. The first-order valence-electron chi connectivity index (χ1n) is 6.12. The second kappa shape index (κ2) is 5.16. The van der Waals surface area contributed by atoms with E-state index in [0.29, 0.717) is 17.2 Å². The largest absolute Gasteiger partial charge is 0.454 e. The Morgan fingerprint density at radius 1 is 1.14 bits per heavy atom. The molecule has 0 radical (unpaired) electrons. The third kappa shape index (κ3) is 2.94. The molecule has 0 saturated carbocycles. The number of carbonyl (C=O) groups is 1. The molecule has 1 amide bonds. The van der Waals surface area contributed by atoms with Crippen molar-refractivity contribution in [2.24, 2.45) is 0 Å². The lowest BCUT2D eigenvalue weighted by molar-refractivity contribution is -0.115.